The number of hydrogen-bond donors (Lipinski definition) is 1. The lowest BCUT2D eigenvalue weighted by Gasteiger charge is -2.20. The normalized spacial score (nSPS) is 13.1. The summed E-state index contributed by atoms with van der Waals surface area (Å²) >= 11 is 0. The molecule has 0 unspecified atom stereocenters. The molecule has 214 valence electrons. The number of nitrogens with two attached hydrogens (primary N) is 1. The summed E-state index contributed by atoms with van der Waals surface area (Å²) in [6.45, 7) is 14.8. The van der Waals surface area contributed by atoms with Crippen LogP contribution in [-0.2, 0) is 35.1 Å². The minimum atomic E-state index is -1.01. The first-order valence-electron chi connectivity index (χ1n) is 13.3. The van der Waals surface area contributed by atoms with E-state index >= 15 is 0 Å². The smallest absolute Gasteiger partial charge is 0.323 e. The first-order valence-corrected chi connectivity index (χ1v) is 13.3. The molecule has 2 N–H and O–H groups in total. The summed E-state index contributed by atoms with van der Waals surface area (Å²) in [4.78, 5) is 49.1. The molecule has 0 heterocycles. The average Bonchev–Trinajstić information content (AvgIpc) is 2.80. The molecule has 1 aromatic carbocycles. The highest BCUT2D eigenvalue weighted by Gasteiger charge is 2.25. The van der Waals surface area contributed by atoms with Crippen molar-refractivity contribution in [2.45, 2.75) is 99.6 Å². The van der Waals surface area contributed by atoms with Crippen molar-refractivity contribution in [1.29, 1.82) is 0 Å². The predicted molar refractivity (Wildman–Crippen MR) is 144 cm³/mol. The second-order valence-electron chi connectivity index (χ2n) is 11.5. The summed E-state index contributed by atoms with van der Waals surface area (Å²) in [6.07, 6.45) is 1.19. The van der Waals surface area contributed by atoms with Crippen molar-refractivity contribution >= 4 is 23.9 Å². The van der Waals surface area contributed by atoms with E-state index < -0.39 is 41.4 Å². The topological polar surface area (TPSA) is 131 Å². The fourth-order valence-electron chi connectivity index (χ4n) is 3.07. The van der Waals surface area contributed by atoms with E-state index in [1.807, 2.05) is 27.7 Å². The number of ether oxygens (including phenoxy) is 4. The van der Waals surface area contributed by atoms with Crippen molar-refractivity contribution in [2.75, 3.05) is 6.61 Å². The molecule has 0 aliphatic heterocycles. The number of carbonyl (C=O) groups is 4. The third-order valence-electron chi connectivity index (χ3n) is 5.44. The van der Waals surface area contributed by atoms with E-state index in [4.69, 9.17) is 24.7 Å². The Morgan fingerprint density at radius 2 is 1.37 bits per heavy atom. The number of benzene rings is 1. The molecule has 0 saturated heterocycles. The molecule has 0 saturated carbocycles. The van der Waals surface area contributed by atoms with Gasteiger partial charge in [-0.2, -0.15) is 0 Å². The minimum Gasteiger partial charge on any atom is -0.461 e. The molecule has 0 spiro atoms. The molecule has 38 heavy (non-hydrogen) atoms. The van der Waals surface area contributed by atoms with Crippen LogP contribution in [0.1, 0.15) is 86.6 Å². The number of hydrogen-bond acceptors (Lipinski definition) is 9. The third-order valence-corrected chi connectivity index (χ3v) is 5.44. The van der Waals surface area contributed by atoms with Crippen molar-refractivity contribution in [3.8, 4) is 11.5 Å². The lowest BCUT2D eigenvalue weighted by molar-refractivity contribution is -0.163. The van der Waals surface area contributed by atoms with Gasteiger partial charge in [-0.05, 0) is 76.5 Å². The fourth-order valence-corrected chi connectivity index (χ4v) is 3.07. The molecule has 2 atom stereocenters. The van der Waals surface area contributed by atoms with Crippen LogP contribution >= 0.6 is 0 Å². The van der Waals surface area contributed by atoms with Gasteiger partial charge in [0.05, 0.1) is 5.41 Å². The zero-order chi connectivity index (χ0) is 29.0. The first kappa shape index (κ1) is 33.1. The van der Waals surface area contributed by atoms with Crippen LogP contribution in [0.5, 0.6) is 11.5 Å². The summed E-state index contributed by atoms with van der Waals surface area (Å²) in [5, 5.41) is 0. The SMILES string of the molecule is CC(C)CCC(=O)Oc1ccc(C[C@H](N)C(=O)O[C@@H](C)COC(=O)C(C)(C)C)cc1OC(=O)CCC(C)C. The van der Waals surface area contributed by atoms with Crippen LogP contribution in [0.15, 0.2) is 18.2 Å². The molecule has 0 aliphatic carbocycles. The predicted octanol–water partition coefficient (Wildman–Crippen LogP) is 4.76. The quantitative estimate of drug-likeness (QED) is 0.264. The second kappa shape index (κ2) is 15.5. The molecule has 0 amide bonds. The first-order chi connectivity index (χ1) is 17.6. The molecule has 0 radical (unpaired) electrons. The Kier molecular flexibility index (Phi) is 13.5. The fraction of sp³-hybridized carbons (Fsp3) is 0.655. The van der Waals surface area contributed by atoms with Crippen LogP contribution < -0.4 is 15.2 Å². The van der Waals surface area contributed by atoms with Crippen molar-refractivity contribution in [3.63, 3.8) is 0 Å². The van der Waals surface area contributed by atoms with Gasteiger partial charge in [-0.15, -0.1) is 0 Å². The molecule has 0 fully saturated rings. The van der Waals surface area contributed by atoms with E-state index in [2.05, 4.69) is 0 Å². The van der Waals surface area contributed by atoms with E-state index in [1.54, 1.807) is 39.8 Å². The molecular formula is C29H45NO8. The van der Waals surface area contributed by atoms with Gasteiger partial charge in [0.15, 0.2) is 11.5 Å². The standard InChI is InChI=1S/C29H45NO8/c1-18(2)9-13-25(31)37-23-12-11-21(16-24(23)38-26(32)14-10-19(3)4)15-22(30)27(33)36-20(5)17-35-28(34)29(6,7)8/h11-12,16,18-20,22H,9-10,13-15,17,30H2,1-8H3/t20-,22-/m0/s1. The monoisotopic (exact) mass is 535 g/mol. The molecule has 0 bridgehead atoms. The number of esters is 4. The Morgan fingerprint density at radius 3 is 1.87 bits per heavy atom. The summed E-state index contributed by atoms with van der Waals surface area (Å²) in [6, 6.07) is 3.71. The highest BCUT2D eigenvalue weighted by molar-refractivity contribution is 5.78. The largest absolute Gasteiger partial charge is 0.461 e. The van der Waals surface area contributed by atoms with Crippen LogP contribution in [0, 0.1) is 17.3 Å². The Balaban J connectivity index is 2.89. The van der Waals surface area contributed by atoms with Gasteiger partial charge < -0.3 is 24.7 Å². The molecule has 9 heteroatoms. The molecule has 1 aromatic rings. The average molecular weight is 536 g/mol. The van der Waals surface area contributed by atoms with Gasteiger partial charge >= 0.3 is 23.9 Å². The van der Waals surface area contributed by atoms with Gasteiger partial charge in [0.1, 0.15) is 18.8 Å². The number of carbonyl (C=O) groups excluding carboxylic acids is 4. The van der Waals surface area contributed by atoms with Crippen molar-refractivity contribution in [3.05, 3.63) is 23.8 Å². The van der Waals surface area contributed by atoms with Gasteiger partial charge in [-0.25, -0.2) is 0 Å². The Hall–Kier alpha value is -2.94. The van der Waals surface area contributed by atoms with Gasteiger partial charge in [-0.3, -0.25) is 19.2 Å². The minimum absolute atomic E-state index is 0.0814. The Labute approximate surface area is 226 Å². The third kappa shape index (κ3) is 13.0. The summed E-state index contributed by atoms with van der Waals surface area (Å²) < 4.78 is 21.5. The summed E-state index contributed by atoms with van der Waals surface area (Å²) in [7, 11) is 0. The zero-order valence-corrected chi connectivity index (χ0v) is 24.1. The van der Waals surface area contributed by atoms with E-state index in [-0.39, 0.29) is 37.4 Å². The van der Waals surface area contributed by atoms with Gasteiger partial charge in [0.25, 0.3) is 0 Å². The molecular weight excluding hydrogens is 490 g/mol. The van der Waals surface area contributed by atoms with Crippen molar-refractivity contribution < 1.29 is 38.1 Å². The second-order valence-corrected chi connectivity index (χ2v) is 11.5. The number of rotatable bonds is 14. The van der Waals surface area contributed by atoms with Crippen molar-refractivity contribution in [2.24, 2.45) is 23.0 Å². The maximum atomic E-state index is 12.5. The lowest BCUT2D eigenvalue weighted by Crippen LogP contribution is -2.37. The van der Waals surface area contributed by atoms with Crippen LogP contribution in [0.3, 0.4) is 0 Å². The highest BCUT2D eigenvalue weighted by atomic mass is 16.6. The zero-order valence-electron chi connectivity index (χ0n) is 24.1. The van der Waals surface area contributed by atoms with Crippen LogP contribution in [0.2, 0.25) is 0 Å². The van der Waals surface area contributed by atoms with E-state index in [0.29, 0.717) is 30.2 Å². The van der Waals surface area contributed by atoms with Gasteiger partial charge in [-0.1, -0.05) is 33.8 Å². The molecule has 0 aromatic heterocycles. The molecule has 9 nitrogen and oxygen atoms in total. The molecule has 1 rings (SSSR count). The van der Waals surface area contributed by atoms with E-state index in [1.165, 1.54) is 6.07 Å². The van der Waals surface area contributed by atoms with Crippen LogP contribution in [0.4, 0.5) is 0 Å². The highest BCUT2D eigenvalue weighted by Crippen LogP contribution is 2.30. The van der Waals surface area contributed by atoms with Crippen LogP contribution in [-0.4, -0.2) is 42.6 Å². The Morgan fingerprint density at radius 1 is 0.842 bits per heavy atom. The van der Waals surface area contributed by atoms with E-state index in [0.717, 1.165) is 0 Å². The molecule has 0 aliphatic rings. The van der Waals surface area contributed by atoms with Crippen molar-refractivity contribution in [1.82, 2.24) is 0 Å². The maximum absolute atomic E-state index is 12.5. The summed E-state index contributed by atoms with van der Waals surface area (Å²) in [5.41, 5.74) is 6.00. The van der Waals surface area contributed by atoms with Gasteiger partial charge in [0, 0.05) is 12.8 Å². The maximum Gasteiger partial charge on any atom is 0.323 e. The Bertz CT molecular complexity index is 948. The van der Waals surface area contributed by atoms with Crippen LogP contribution in [0.25, 0.3) is 0 Å². The van der Waals surface area contributed by atoms with Gasteiger partial charge in [0.2, 0.25) is 0 Å². The van der Waals surface area contributed by atoms with E-state index in [9.17, 15) is 19.2 Å². The lowest BCUT2D eigenvalue weighted by atomic mass is 9.97. The summed E-state index contributed by atoms with van der Waals surface area (Å²) in [5.74, 6) is -1.04.